The fourth-order valence-corrected chi connectivity index (χ4v) is 3.22. The highest BCUT2D eigenvalue weighted by Gasteiger charge is 2.26. The SMILES string of the molecule is CCCCCCCCCCCCCC[NH2+]CCC(C)(C)S(=O)(=O)[O-]. The molecule has 0 bridgehead atoms. The van der Waals surface area contributed by atoms with E-state index in [0.29, 0.717) is 13.0 Å². The fourth-order valence-electron chi connectivity index (χ4n) is 2.85. The molecule has 0 aliphatic carbocycles. The van der Waals surface area contributed by atoms with Gasteiger partial charge in [-0.15, -0.1) is 0 Å². The normalized spacial score (nSPS) is 12.7. The van der Waals surface area contributed by atoms with Crippen LogP contribution in [0.1, 0.15) is 104 Å². The van der Waals surface area contributed by atoms with E-state index in [1.165, 1.54) is 90.9 Å². The molecule has 4 nitrogen and oxygen atoms in total. The summed E-state index contributed by atoms with van der Waals surface area (Å²) in [6.45, 7) is 7.05. The topological polar surface area (TPSA) is 73.8 Å². The zero-order valence-electron chi connectivity index (χ0n) is 16.3. The summed E-state index contributed by atoms with van der Waals surface area (Å²) in [6.07, 6.45) is 16.6. The Morgan fingerprint density at radius 3 is 1.58 bits per heavy atom. The van der Waals surface area contributed by atoms with Gasteiger partial charge < -0.3 is 9.87 Å². The van der Waals surface area contributed by atoms with Crippen LogP contribution in [0.15, 0.2) is 0 Å². The van der Waals surface area contributed by atoms with Gasteiger partial charge in [0.2, 0.25) is 0 Å². The third kappa shape index (κ3) is 13.2. The van der Waals surface area contributed by atoms with Crippen molar-refractivity contribution in [1.82, 2.24) is 0 Å². The van der Waals surface area contributed by atoms with Crippen LogP contribution in [-0.4, -0.2) is 30.8 Å². The van der Waals surface area contributed by atoms with E-state index in [0.717, 1.165) is 6.54 Å². The summed E-state index contributed by atoms with van der Waals surface area (Å²) in [5.41, 5.74) is 0. The molecule has 0 aromatic rings. The van der Waals surface area contributed by atoms with Crippen molar-refractivity contribution < 1.29 is 18.3 Å². The van der Waals surface area contributed by atoms with Crippen molar-refractivity contribution >= 4 is 10.1 Å². The Morgan fingerprint density at radius 2 is 1.17 bits per heavy atom. The first-order chi connectivity index (χ1) is 11.3. The van der Waals surface area contributed by atoms with Crippen LogP contribution >= 0.6 is 0 Å². The van der Waals surface area contributed by atoms with Crippen LogP contribution in [-0.2, 0) is 10.1 Å². The molecule has 0 spiro atoms. The Labute approximate surface area is 150 Å². The Kier molecular flexibility index (Phi) is 14.0. The summed E-state index contributed by atoms with van der Waals surface area (Å²) in [5, 5.41) is 2.14. The van der Waals surface area contributed by atoms with Crippen molar-refractivity contribution in [2.24, 2.45) is 0 Å². The molecular formula is C19H41NO3S. The van der Waals surface area contributed by atoms with Crippen LogP contribution in [0.25, 0.3) is 0 Å². The molecule has 146 valence electrons. The average molecular weight is 364 g/mol. The summed E-state index contributed by atoms with van der Waals surface area (Å²) in [6, 6.07) is 0. The third-order valence-electron chi connectivity index (χ3n) is 4.89. The molecule has 0 rings (SSSR count). The van der Waals surface area contributed by atoms with Gasteiger partial charge in [0.1, 0.15) is 10.1 Å². The minimum absolute atomic E-state index is 0.428. The highest BCUT2D eigenvalue weighted by atomic mass is 32.2. The second kappa shape index (κ2) is 14.1. The minimum Gasteiger partial charge on any atom is -0.748 e. The fraction of sp³-hybridized carbons (Fsp3) is 1.00. The Bertz CT molecular complexity index is 380. The number of rotatable bonds is 17. The van der Waals surface area contributed by atoms with E-state index in [4.69, 9.17) is 0 Å². The van der Waals surface area contributed by atoms with E-state index in [1.54, 1.807) is 0 Å². The lowest BCUT2D eigenvalue weighted by atomic mass is 10.1. The zero-order chi connectivity index (χ0) is 18.3. The molecule has 0 aromatic carbocycles. The quantitative estimate of drug-likeness (QED) is 0.314. The summed E-state index contributed by atoms with van der Waals surface area (Å²) < 4.78 is 32.0. The summed E-state index contributed by atoms with van der Waals surface area (Å²) in [5.74, 6) is 0. The van der Waals surface area contributed by atoms with Crippen molar-refractivity contribution in [3.63, 3.8) is 0 Å². The maximum absolute atomic E-state index is 11.1. The van der Waals surface area contributed by atoms with Gasteiger partial charge >= 0.3 is 0 Å². The van der Waals surface area contributed by atoms with Gasteiger partial charge in [-0.25, -0.2) is 8.42 Å². The highest BCUT2D eigenvalue weighted by Crippen LogP contribution is 2.17. The van der Waals surface area contributed by atoms with Gasteiger partial charge in [0.05, 0.1) is 17.8 Å². The first-order valence-corrected chi connectivity index (χ1v) is 11.5. The average Bonchev–Trinajstić information content (AvgIpc) is 2.50. The van der Waals surface area contributed by atoms with Crippen LogP contribution in [0.2, 0.25) is 0 Å². The van der Waals surface area contributed by atoms with Crippen LogP contribution in [0, 0.1) is 0 Å². The molecule has 0 saturated carbocycles. The molecule has 2 N–H and O–H groups in total. The maximum atomic E-state index is 11.1. The molecule has 5 heteroatoms. The van der Waals surface area contributed by atoms with E-state index in [1.807, 2.05) is 0 Å². The molecule has 0 aliphatic heterocycles. The highest BCUT2D eigenvalue weighted by molar-refractivity contribution is 7.87. The van der Waals surface area contributed by atoms with E-state index in [-0.39, 0.29) is 0 Å². The lowest BCUT2D eigenvalue weighted by molar-refractivity contribution is -0.655. The van der Waals surface area contributed by atoms with Crippen molar-refractivity contribution in [3.05, 3.63) is 0 Å². The predicted octanol–water partition coefficient (Wildman–Crippen LogP) is 3.96. The van der Waals surface area contributed by atoms with E-state index in [9.17, 15) is 13.0 Å². The maximum Gasteiger partial charge on any atom is 0.100 e. The minimum atomic E-state index is -4.19. The lowest BCUT2D eigenvalue weighted by Crippen LogP contribution is -2.84. The van der Waals surface area contributed by atoms with E-state index < -0.39 is 14.9 Å². The molecular weight excluding hydrogens is 322 g/mol. The molecule has 0 radical (unpaired) electrons. The number of hydrogen-bond acceptors (Lipinski definition) is 3. The molecule has 24 heavy (non-hydrogen) atoms. The summed E-state index contributed by atoms with van der Waals surface area (Å²) in [4.78, 5) is 0. The number of hydrogen-bond donors (Lipinski definition) is 1. The first-order valence-electron chi connectivity index (χ1n) is 10.1. The molecule has 0 aromatic heterocycles. The molecule has 0 unspecified atom stereocenters. The monoisotopic (exact) mass is 363 g/mol. The van der Waals surface area contributed by atoms with Crippen LogP contribution < -0.4 is 5.32 Å². The molecule has 0 saturated heterocycles. The lowest BCUT2D eigenvalue weighted by Gasteiger charge is -2.27. The molecule has 0 aliphatic rings. The second-order valence-electron chi connectivity index (χ2n) is 7.72. The predicted molar refractivity (Wildman–Crippen MR) is 101 cm³/mol. The Morgan fingerprint density at radius 1 is 0.750 bits per heavy atom. The molecule has 0 atom stereocenters. The van der Waals surface area contributed by atoms with Gasteiger partial charge in [0.25, 0.3) is 0 Å². The van der Waals surface area contributed by atoms with Gasteiger partial charge in [-0.05, 0) is 26.7 Å². The summed E-state index contributed by atoms with van der Waals surface area (Å²) >= 11 is 0. The molecule has 0 heterocycles. The largest absolute Gasteiger partial charge is 0.748 e. The number of nitrogens with two attached hydrogens (primary N) is 1. The van der Waals surface area contributed by atoms with Gasteiger partial charge in [-0.3, -0.25) is 0 Å². The van der Waals surface area contributed by atoms with Crippen molar-refractivity contribution in [1.29, 1.82) is 0 Å². The number of quaternary nitrogens is 1. The number of unbranched alkanes of at least 4 members (excludes halogenated alkanes) is 11. The standard InChI is InChI=1S/C19H41NO3S/c1-4-5-6-7-8-9-10-11-12-13-14-15-17-20-18-16-19(2,3)24(21,22)23/h20H,4-18H2,1-3H3,(H,21,22,23). The summed E-state index contributed by atoms with van der Waals surface area (Å²) in [7, 11) is -4.19. The Balaban J connectivity index is 3.26. The van der Waals surface area contributed by atoms with Crippen LogP contribution in [0.4, 0.5) is 0 Å². The van der Waals surface area contributed by atoms with Crippen LogP contribution in [0.3, 0.4) is 0 Å². The smallest absolute Gasteiger partial charge is 0.100 e. The van der Waals surface area contributed by atoms with E-state index >= 15 is 0 Å². The third-order valence-corrected chi connectivity index (χ3v) is 6.45. The zero-order valence-corrected chi connectivity index (χ0v) is 17.1. The van der Waals surface area contributed by atoms with Crippen molar-refractivity contribution in [2.45, 2.75) is 109 Å². The molecule has 0 amide bonds. The van der Waals surface area contributed by atoms with E-state index in [2.05, 4.69) is 12.2 Å². The van der Waals surface area contributed by atoms with Crippen LogP contribution in [0.5, 0.6) is 0 Å². The van der Waals surface area contributed by atoms with Gasteiger partial charge in [0, 0.05) is 6.42 Å². The van der Waals surface area contributed by atoms with Crippen molar-refractivity contribution in [2.75, 3.05) is 13.1 Å². The molecule has 0 fully saturated rings. The van der Waals surface area contributed by atoms with Gasteiger partial charge in [0.15, 0.2) is 0 Å². The van der Waals surface area contributed by atoms with Crippen molar-refractivity contribution in [3.8, 4) is 0 Å². The Hall–Kier alpha value is -0.130. The first kappa shape index (κ1) is 23.9. The van der Waals surface area contributed by atoms with Gasteiger partial charge in [-0.1, -0.05) is 71.1 Å². The second-order valence-corrected chi connectivity index (χ2v) is 9.73. The van der Waals surface area contributed by atoms with Gasteiger partial charge in [-0.2, -0.15) is 0 Å².